The lowest BCUT2D eigenvalue weighted by atomic mass is 9.90. The highest BCUT2D eigenvalue weighted by molar-refractivity contribution is 7.18. The molecular formula is C20H21F3N2O2S. The molecule has 1 aromatic carbocycles. The van der Waals surface area contributed by atoms with Crippen LogP contribution in [-0.4, -0.2) is 21.7 Å². The smallest absolute Gasteiger partial charge is 0.416 e. The summed E-state index contributed by atoms with van der Waals surface area (Å²) in [6.07, 6.45) is 0.468. The molecule has 2 heterocycles. The Labute approximate surface area is 165 Å². The van der Waals surface area contributed by atoms with E-state index in [1.54, 1.807) is 12.3 Å². The number of benzene rings is 1. The van der Waals surface area contributed by atoms with Crippen molar-refractivity contribution < 1.29 is 23.0 Å². The zero-order chi connectivity index (χ0) is 20.4. The maximum Gasteiger partial charge on any atom is 0.416 e. The molecule has 2 aromatic heterocycles. The number of hydrogen-bond acceptors (Lipinski definition) is 5. The average Bonchev–Trinajstić information content (AvgIpc) is 3.10. The molecular weight excluding hydrogens is 389 g/mol. The van der Waals surface area contributed by atoms with Gasteiger partial charge in [0.15, 0.2) is 0 Å². The molecule has 1 atom stereocenters. The lowest BCUT2D eigenvalue weighted by Crippen LogP contribution is -2.28. The predicted molar refractivity (Wildman–Crippen MR) is 103 cm³/mol. The number of aliphatic hydroxyl groups is 1. The van der Waals surface area contributed by atoms with Gasteiger partial charge in [0.25, 0.3) is 0 Å². The van der Waals surface area contributed by atoms with Crippen LogP contribution in [0.1, 0.15) is 49.2 Å². The van der Waals surface area contributed by atoms with Gasteiger partial charge in [-0.3, -0.25) is 4.98 Å². The van der Waals surface area contributed by atoms with E-state index in [-0.39, 0.29) is 0 Å². The molecule has 0 saturated heterocycles. The second-order valence-electron chi connectivity index (χ2n) is 6.53. The van der Waals surface area contributed by atoms with Gasteiger partial charge in [-0.05, 0) is 37.1 Å². The lowest BCUT2D eigenvalue weighted by molar-refractivity contribution is -0.137. The number of aromatic nitrogens is 2. The molecule has 4 nitrogen and oxygen atoms in total. The molecule has 8 heteroatoms. The molecule has 0 bridgehead atoms. The van der Waals surface area contributed by atoms with Crippen molar-refractivity contribution in [1.29, 1.82) is 0 Å². The number of ether oxygens (including phenoxy) is 1. The lowest BCUT2D eigenvalue weighted by Gasteiger charge is -2.27. The SMILES string of the molecule is CCCOc1ccncc1C(O)(CCC)c1nc2ccc(C(F)(F)F)cc2s1. The van der Waals surface area contributed by atoms with Crippen LogP contribution in [0.5, 0.6) is 5.75 Å². The van der Waals surface area contributed by atoms with Crippen molar-refractivity contribution in [2.45, 2.75) is 44.9 Å². The Morgan fingerprint density at radius 3 is 2.61 bits per heavy atom. The van der Waals surface area contributed by atoms with Crippen molar-refractivity contribution in [2.75, 3.05) is 6.61 Å². The third-order valence-electron chi connectivity index (χ3n) is 4.37. The van der Waals surface area contributed by atoms with Gasteiger partial charge >= 0.3 is 6.18 Å². The van der Waals surface area contributed by atoms with E-state index in [0.29, 0.717) is 46.0 Å². The minimum Gasteiger partial charge on any atom is -0.493 e. The topological polar surface area (TPSA) is 55.2 Å². The minimum atomic E-state index is -4.43. The fraction of sp³-hybridized carbons (Fsp3) is 0.400. The van der Waals surface area contributed by atoms with Gasteiger partial charge in [0.2, 0.25) is 0 Å². The number of nitrogens with zero attached hydrogens (tertiary/aromatic N) is 2. The first-order valence-corrected chi connectivity index (χ1v) is 9.89. The number of thiazole rings is 1. The Hall–Kier alpha value is -2.19. The number of hydrogen-bond donors (Lipinski definition) is 1. The normalized spacial score (nSPS) is 14.2. The summed E-state index contributed by atoms with van der Waals surface area (Å²) in [6.45, 7) is 4.38. The van der Waals surface area contributed by atoms with Crippen molar-refractivity contribution in [1.82, 2.24) is 9.97 Å². The zero-order valence-corrected chi connectivity index (χ0v) is 16.4. The zero-order valence-electron chi connectivity index (χ0n) is 15.6. The quantitative estimate of drug-likeness (QED) is 0.556. The van der Waals surface area contributed by atoms with Crippen LogP contribution in [0, 0.1) is 0 Å². The van der Waals surface area contributed by atoms with Crippen LogP contribution in [0.2, 0.25) is 0 Å². The van der Waals surface area contributed by atoms with Gasteiger partial charge in [-0.15, -0.1) is 11.3 Å². The number of halogens is 3. The van der Waals surface area contributed by atoms with E-state index in [1.165, 1.54) is 12.3 Å². The van der Waals surface area contributed by atoms with E-state index in [4.69, 9.17) is 4.74 Å². The summed E-state index contributed by atoms with van der Waals surface area (Å²) in [5.74, 6) is 0.503. The standard InChI is InChI=1S/C20H21F3N2O2S/c1-3-8-19(26,14-12-24-9-7-16(14)27-10-4-2)18-25-15-6-5-13(20(21,22)23)11-17(15)28-18/h5-7,9,11-12,26H,3-4,8,10H2,1-2H3. The molecule has 0 aliphatic heterocycles. The second kappa shape index (κ2) is 8.05. The van der Waals surface area contributed by atoms with Crippen molar-refractivity contribution in [3.8, 4) is 5.75 Å². The van der Waals surface area contributed by atoms with Crippen LogP contribution in [0.4, 0.5) is 13.2 Å². The van der Waals surface area contributed by atoms with Crippen LogP contribution in [0.25, 0.3) is 10.2 Å². The predicted octanol–water partition coefficient (Wildman–Crippen LogP) is 5.53. The first-order valence-electron chi connectivity index (χ1n) is 9.07. The third kappa shape index (κ3) is 3.98. The summed E-state index contributed by atoms with van der Waals surface area (Å²) in [7, 11) is 0. The molecule has 0 amide bonds. The number of rotatable bonds is 7. The Balaban J connectivity index is 2.11. The first kappa shape index (κ1) is 20.5. The highest BCUT2D eigenvalue weighted by Crippen LogP contribution is 2.42. The molecule has 3 rings (SSSR count). The third-order valence-corrected chi connectivity index (χ3v) is 5.54. The van der Waals surface area contributed by atoms with Crippen molar-refractivity contribution in [3.63, 3.8) is 0 Å². The molecule has 1 N–H and O–H groups in total. The molecule has 0 aliphatic rings. The fourth-order valence-corrected chi connectivity index (χ4v) is 4.16. The molecule has 0 radical (unpaired) electrons. The van der Waals surface area contributed by atoms with Crippen LogP contribution in [0.3, 0.4) is 0 Å². The first-order chi connectivity index (χ1) is 13.3. The van der Waals surface area contributed by atoms with Gasteiger partial charge in [0, 0.05) is 12.4 Å². The highest BCUT2D eigenvalue weighted by atomic mass is 32.1. The Kier molecular flexibility index (Phi) is 5.90. The monoisotopic (exact) mass is 410 g/mol. The van der Waals surface area contributed by atoms with Gasteiger partial charge in [-0.1, -0.05) is 20.3 Å². The highest BCUT2D eigenvalue weighted by Gasteiger charge is 2.38. The van der Waals surface area contributed by atoms with E-state index >= 15 is 0 Å². The molecule has 3 aromatic rings. The van der Waals surface area contributed by atoms with Crippen molar-refractivity contribution >= 4 is 21.6 Å². The number of pyridine rings is 1. The second-order valence-corrected chi connectivity index (χ2v) is 7.56. The Bertz CT molecular complexity index is 958. The molecule has 28 heavy (non-hydrogen) atoms. The number of fused-ring (bicyclic) bond motifs is 1. The van der Waals surface area contributed by atoms with Crippen LogP contribution in [0.15, 0.2) is 36.7 Å². The van der Waals surface area contributed by atoms with Crippen LogP contribution < -0.4 is 4.74 Å². The summed E-state index contributed by atoms with van der Waals surface area (Å²) in [4.78, 5) is 8.56. The van der Waals surface area contributed by atoms with E-state index in [0.717, 1.165) is 29.9 Å². The molecule has 150 valence electrons. The molecule has 1 unspecified atom stereocenters. The fourth-order valence-electron chi connectivity index (χ4n) is 3.03. The summed E-state index contributed by atoms with van der Waals surface area (Å²) in [5.41, 5.74) is -1.33. The maximum absolute atomic E-state index is 13.0. The van der Waals surface area contributed by atoms with E-state index < -0.39 is 17.3 Å². The molecule has 0 aliphatic carbocycles. The van der Waals surface area contributed by atoms with Crippen molar-refractivity contribution in [3.05, 3.63) is 52.8 Å². The summed E-state index contributed by atoms with van der Waals surface area (Å²) in [5, 5.41) is 11.9. The largest absolute Gasteiger partial charge is 0.493 e. The summed E-state index contributed by atoms with van der Waals surface area (Å²) < 4.78 is 45.2. The Morgan fingerprint density at radius 2 is 1.93 bits per heavy atom. The van der Waals surface area contributed by atoms with Crippen LogP contribution in [-0.2, 0) is 11.8 Å². The summed E-state index contributed by atoms with van der Waals surface area (Å²) in [6, 6.07) is 5.09. The molecule has 0 spiro atoms. The van der Waals surface area contributed by atoms with Gasteiger partial charge in [-0.25, -0.2) is 4.98 Å². The Morgan fingerprint density at radius 1 is 1.14 bits per heavy atom. The van der Waals surface area contributed by atoms with Crippen molar-refractivity contribution in [2.24, 2.45) is 0 Å². The molecule has 0 saturated carbocycles. The van der Waals surface area contributed by atoms with Gasteiger partial charge in [-0.2, -0.15) is 13.2 Å². The van der Waals surface area contributed by atoms with E-state index in [2.05, 4.69) is 9.97 Å². The maximum atomic E-state index is 13.0. The summed E-state index contributed by atoms with van der Waals surface area (Å²) >= 11 is 1.06. The van der Waals surface area contributed by atoms with Crippen LogP contribution >= 0.6 is 11.3 Å². The molecule has 0 fully saturated rings. The van der Waals surface area contributed by atoms with E-state index in [1.807, 2.05) is 13.8 Å². The number of alkyl halides is 3. The van der Waals surface area contributed by atoms with Gasteiger partial charge in [0.05, 0.1) is 28.0 Å². The average molecular weight is 410 g/mol. The van der Waals surface area contributed by atoms with Gasteiger partial charge < -0.3 is 9.84 Å². The van der Waals surface area contributed by atoms with Gasteiger partial charge in [0.1, 0.15) is 16.4 Å². The minimum absolute atomic E-state index is 0.332. The van der Waals surface area contributed by atoms with E-state index in [9.17, 15) is 18.3 Å².